The first-order chi connectivity index (χ1) is 16.6. The number of fused-ring (bicyclic) bond motifs is 3. The van der Waals surface area contributed by atoms with Gasteiger partial charge >= 0.3 is 0 Å². The van der Waals surface area contributed by atoms with Gasteiger partial charge in [0.05, 0.1) is 0 Å². The van der Waals surface area contributed by atoms with Gasteiger partial charge in [0.15, 0.2) is 0 Å². The molecule has 0 saturated heterocycles. The monoisotopic (exact) mass is 480 g/mol. The van der Waals surface area contributed by atoms with Gasteiger partial charge in [-0.25, -0.2) is 0 Å². The normalized spacial score (nSPS) is 34.0. The Bertz CT molecular complexity index is 1270. The van der Waals surface area contributed by atoms with E-state index < -0.39 is 0 Å². The molecule has 0 radical (unpaired) electrons. The van der Waals surface area contributed by atoms with E-state index in [1.807, 2.05) is 0 Å². The van der Waals surface area contributed by atoms with E-state index in [0.717, 1.165) is 18.4 Å². The smallest absolute Gasteiger partial charge is 0.0197 e. The number of hydrogen-bond acceptors (Lipinski definition) is 0. The molecule has 0 saturated carbocycles. The third kappa shape index (κ3) is 3.12. The van der Waals surface area contributed by atoms with Gasteiger partial charge in [-0.3, -0.25) is 0 Å². The van der Waals surface area contributed by atoms with Crippen molar-refractivity contribution in [1.82, 2.24) is 0 Å². The zero-order chi connectivity index (χ0) is 27.1. The predicted octanol–water partition coefficient (Wildman–Crippen LogP) is 10.5. The summed E-state index contributed by atoms with van der Waals surface area (Å²) in [6.45, 7) is 42.4. The van der Waals surface area contributed by atoms with Crippen LogP contribution in [-0.4, -0.2) is 0 Å². The number of rotatable bonds is 4. The van der Waals surface area contributed by atoms with Gasteiger partial charge in [-0.15, -0.1) is 0 Å². The van der Waals surface area contributed by atoms with Crippen LogP contribution in [0.4, 0.5) is 0 Å². The molecule has 0 spiro atoms. The van der Waals surface area contributed by atoms with Crippen LogP contribution >= 0.6 is 0 Å². The van der Waals surface area contributed by atoms with Crippen molar-refractivity contribution in [3.63, 3.8) is 0 Å². The summed E-state index contributed by atoms with van der Waals surface area (Å²) in [5.41, 5.74) is 14.5. The molecule has 0 amide bonds. The fourth-order valence-electron chi connectivity index (χ4n) is 8.82. The quantitative estimate of drug-likeness (QED) is 0.376. The van der Waals surface area contributed by atoms with Gasteiger partial charge in [0.2, 0.25) is 0 Å². The molecule has 3 aliphatic carbocycles. The summed E-state index contributed by atoms with van der Waals surface area (Å²) in [5, 5.41) is 0. The van der Waals surface area contributed by atoms with Crippen LogP contribution in [0, 0.1) is 35.0 Å². The molecule has 4 rings (SSSR count). The SMILES string of the molecule is C=C(C)C1=C(C)C[C@@]2(C)[C@H](CC(=C)C(C)C)[C@]3(C)C(=C(C)[C@@]2(C)C1=C)C(=C)c1c(C)cccc1[C@H]3C. The Morgan fingerprint density at radius 3 is 2.22 bits per heavy atom. The summed E-state index contributed by atoms with van der Waals surface area (Å²) in [7, 11) is 0. The molecular weight excluding hydrogens is 432 g/mol. The molecule has 0 heteroatoms. The van der Waals surface area contributed by atoms with Gasteiger partial charge in [-0.05, 0) is 103 Å². The second kappa shape index (κ2) is 8.34. The first-order valence-corrected chi connectivity index (χ1v) is 13.8. The molecule has 36 heavy (non-hydrogen) atoms. The Morgan fingerprint density at radius 1 is 1.06 bits per heavy atom. The lowest BCUT2D eigenvalue weighted by Gasteiger charge is -2.68. The van der Waals surface area contributed by atoms with Gasteiger partial charge in [-0.1, -0.05) is 108 Å². The average Bonchev–Trinajstić information content (AvgIpc) is 2.77. The van der Waals surface area contributed by atoms with Crippen molar-refractivity contribution in [1.29, 1.82) is 0 Å². The highest BCUT2D eigenvalue weighted by atomic mass is 14.7. The van der Waals surface area contributed by atoms with Crippen LogP contribution in [0.2, 0.25) is 0 Å². The Morgan fingerprint density at radius 2 is 1.67 bits per heavy atom. The Labute approximate surface area is 221 Å². The summed E-state index contributed by atoms with van der Waals surface area (Å²) in [6.07, 6.45) is 2.08. The van der Waals surface area contributed by atoms with E-state index in [1.54, 1.807) is 0 Å². The third-order valence-electron chi connectivity index (χ3n) is 11.2. The minimum Gasteiger partial charge on any atom is -0.0996 e. The summed E-state index contributed by atoms with van der Waals surface area (Å²) in [4.78, 5) is 0. The van der Waals surface area contributed by atoms with Crippen LogP contribution < -0.4 is 0 Å². The summed E-state index contributed by atoms with van der Waals surface area (Å²) in [5.74, 6) is 1.25. The van der Waals surface area contributed by atoms with Crippen LogP contribution in [-0.2, 0) is 0 Å². The Hall–Kier alpha value is -2.34. The topological polar surface area (TPSA) is 0 Å². The highest BCUT2D eigenvalue weighted by Gasteiger charge is 2.66. The Balaban J connectivity index is 2.14. The molecule has 0 aromatic heterocycles. The maximum absolute atomic E-state index is 4.83. The molecule has 0 heterocycles. The van der Waals surface area contributed by atoms with Crippen LogP contribution in [0.5, 0.6) is 0 Å². The minimum atomic E-state index is -0.180. The Kier molecular flexibility index (Phi) is 6.19. The molecule has 0 fully saturated rings. The van der Waals surface area contributed by atoms with Crippen LogP contribution in [0.1, 0.15) is 97.8 Å². The molecule has 192 valence electrons. The first-order valence-electron chi connectivity index (χ1n) is 13.8. The summed E-state index contributed by atoms with van der Waals surface area (Å²) >= 11 is 0. The van der Waals surface area contributed by atoms with Gasteiger partial charge < -0.3 is 0 Å². The second-order valence-electron chi connectivity index (χ2n) is 13.2. The highest BCUT2D eigenvalue weighted by Crippen LogP contribution is 2.75. The maximum Gasteiger partial charge on any atom is 0.0197 e. The zero-order valence-electron chi connectivity index (χ0n) is 24.7. The average molecular weight is 481 g/mol. The van der Waals surface area contributed by atoms with Crippen molar-refractivity contribution in [2.75, 3.05) is 0 Å². The molecule has 0 nitrogen and oxygen atoms in total. The van der Waals surface area contributed by atoms with E-state index in [1.165, 1.54) is 55.7 Å². The van der Waals surface area contributed by atoms with Crippen molar-refractivity contribution in [3.05, 3.63) is 100 Å². The maximum atomic E-state index is 4.83. The predicted molar refractivity (Wildman–Crippen MR) is 159 cm³/mol. The highest BCUT2D eigenvalue weighted by molar-refractivity contribution is 5.87. The van der Waals surface area contributed by atoms with Gasteiger partial charge in [0, 0.05) is 10.8 Å². The number of aryl methyl sites for hydroxylation is 1. The van der Waals surface area contributed by atoms with Gasteiger partial charge in [0.1, 0.15) is 0 Å². The second-order valence-corrected chi connectivity index (χ2v) is 13.2. The molecule has 0 bridgehead atoms. The van der Waals surface area contributed by atoms with Crippen molar-refractivity contribution >= 4 is 5.57 Å². The molecule has 0 unspecified atom stereocenters. The van der Waals surface area contributed by atoms with E-state index in [2.05, 4.69) is 101 Å². The number of benzene rings is 1. The van der Waals surface area contributed by atoms with Crippen LogP contribution in [0.3, 0.4) is 0 Å². The number of allylic oxidation sites excluding steroid dienone is 8. The van der Waals surface area contributed by atoms with Crippen molar-refractivity contribution in [2.24, 2.45) is 28.1 Å². The standard InChI is InChI=1S/C36H48/c1-20(2)23(6)18-30-34(12)19-24(7)31(21(3)4)27(10)36(34,14)28(11)33-25(8)32-22(5)16-15-17-29(32)26(9)35(30,33)13/h15-17,20,26,30H,3,6,8,10,18-19H2,1-2,4-5,7,9,11-14H3/t26-,30+,34+,35-,36-/m1/s1. The molecular formula is C36H48. The summed E-state index contributed by atoms with van der Waals surface area (Å²) < 4.78 is 0. The minimum absolute atomic E-state index is 0.00312. The summed E-state index contributed by atoms with van der Waals surface area (Å²) in [6, 6.07) is 6.82. The fraction of sp³-hybridized carbons (Fsp3) is 0.500. The molecule has 5 atom stereocenters. The van der Waals surface area contributed by atoms with Crippen LogP contribution in [0.25, 0.3) is 5.57 Å². The molecule has 0 aliphatic heterocycles. The third-order valence-corrected chi connectivity index (χ3v) is 11.2. The van der Waals surface area contributed by atoms with Crippen molar-refractivity contribution in [3.8, 4) is 0 Å². The van der Waals surface area contributed by atoms with E-state index in [0.29, 0.717) is 17.8 Å². The number of hydrogen-bond donors (Lipinski definition) is 0. The van der Waals surface area contributed by atoms with Crippen LogP contribution in [0.15, 0.2) is 83.5 Å². The van der Waals surface area contributed by atoms with Gasteiger partial charge in [-0.2, -0.15) is 0 Å². The van der Waals surface area contributed by atoms with E-state index in [-0.39, 0.29) is 16.2 Å². The molecule has 1 aromatic carbocycles. The lowest BCUT2D eigenvalue weighted by atomic mass is 9.35. The van der Waals surface area contributed by atoms with E-state index >= 15 is 0 Å². The first kappa shape index (κ1) is 26.7. The largest absolute Gasteiger partial charge is 0.0996 e. The molecule has 0 N–H and O–H groups in total. The lowest BCUT2D eigenvalue weighted by molar-refractivity contribution is -0.0376. The van der Waals surface area contributed by atoms with E-state index in [9.17, 15) is 0 Å². The molecule has 3 aliphatic rings. The van der Waals surface area contributed by atoms with Crippen molar-refractivity contribution < 1.29 is 0 Å². The molecule has 1 aromatic rings. The van der Waals surface area contributed by atoms with Gasteiger partial charge in [0.25, 0.3) is 0 Å². The fourth-order valence-corrected chi connectivity index (χ4v) is 8.82. The lowest BCUT2D eigenvalue weighted by Crippen LogP contribution is -2.59. The zero-order valence-corrected chi connectivity index (χ0v) is 24.7. The van der Waals surface area contributed by atoms with Crippen molar-refractivity contribution in [2.45, 2.75) is 88.0 Å². The van der Waals surface area contributed by atoms with E-state index in [4.69, 9.17) is 13.2 Å².